The van der Waals surface area contributed by atoms with Crippen molar-refractivity contribution < 1.29 is 14.0 Å². The van der Waals surface area contributed by atoms with Crippen LogP contribution in [0.5, 0.6) is 0 Å². The topological polar surface area (TPSA) is 58.2 Å². The lowest BCUT2D eigenvalue weighted by atomic mass is 9.96. The van der Waals surface area contributed by atoms with E-state index in [2.05, 4.69) is 10.6 Å². The van der Waals surface area contributed by atoms with E-state index in [0.29, 0.717) is 18.7 Å². The molecular weight excluding hydrogens is 223 g/mol. The average molecular weight is 236 g/mol. The van der Waals surface area contributed by atoms with E-state index < -0.39 is 5.82 Å². The van der Waals surface area contributed by atoms with Crippen LogP contribution in [-0.4, -0.2) is 18.4 Å². The van der Waals surface area contributed by atoms with Gasteiger partial charge in [0.25, 0.3) is 0 Å². The van der Waals surface area contributed by atoms with Gasteiger partial charge in [0.15, 0.2) is 0 Å². The van der Waals surface area contributed by atoms with Gasteiger partial charge in [0.2, 0.25) is 11.8 Å². The summed E-state index contributed by atoms with van der Waals surface area (Å²) in [5.41, 5.74) is 0.418. The molecule has 90 valence electrons. The Balaban J connectivity index is 1.99. The van der Waals surface area contributed by atoms with Crippen molar-refractivity contribution >= 4 is 17.5 Å². The predicted molar refractivity (Wildman–Crippen MR) is 60.8 cm³/mol. The summed E-state index contributed by atoms with van der Waals surface area (Å²) >= 11 is 0. The van der Waals surface area contributed by atoms with Crippen LogP contribution >= 0.6 is 0 Å². The first-order valence-electron chi connectivity index (χ1n) is 5.48. The fraction of sp³-hybridized carbons (Fsp3) is 0.333. The lowest BCUT2D eigenvalue weighted by Gasteiger charge is -2.21. The monoisotopic (exact) mass is 236 g/mol. The van der Waals surface area contributed by atoms with Crippen LogP contribution in [-0.2, 0) is 9.59 Å². The van der Waals surface area contributed by atoms with E-state index in [1.807, 2.05) is 0 Å². The number of halogens is 1. The van der Waals surface area contributed by atoms with Crippen LogP contribution in [0.25, 0.3) is 0 Å². The number of nitrogens with one attached hydrogen (secondary N) is 2. The summed E-state index contributed by atoms with van der Waals surface area (Å²) in [7, 11) is 0. The quantitative estimate of drug-likeness (QED) is 0.813. The maximum Gasteiger partial charge on any atom is 0.228 e. The van der Waals surface area contributed by atoms with Gasteiger partial charge in [-0.1, -0.05) is 6.07 Å². The Labute approximate surface area is 98.2 Å². The number of hydrogen-bond acceptors (Lipinski definition) is 2. The fourth-order valence-corrected chi connectivity index (χ4v) is 1.82. The molecule has 1 aromatic rings. The van der Waals surface area contributed by atoms with Gasteiger partial charge < -0.3 is 10.6 Å². The molecule has 0 aliphatic carbocycles. The Morgan fingerprint density at radius 2 is 2.29 bits per heavy atom. The van der Waals surface area contributed by atoms with Crippen molar-refractivity contribution in [3.05, 3.63) is 30.1 Å². The molecule has 0 radical (unpaired) electrons. The van der Waals surface area contributed by atoms with Crippen molar-refractivity contribution in [2.45, 2.75) is 12.8 Å². The second-order valence-electron chi connectivity index (χ2n) is 4.04. The van der Waals surface area contributed by atoms with Crippen molar-refractivity contribution in [1.29, 1.82) is 0 Å². The molecule has 1 atom stereocenters. The van der Waals surface area contributed by atoms with Crippen LogP contribution < -0.4 is 10.6 Å². The standard InChI is InChI=1S/C12H13FN2O2/c13-9-2-1-3-10(7-9)15-12(17)8-4-5-14-11(16)6-8/h1-3,7-8H,4-6H2,(H,14,16)(H,15,17). The summed E-state index contributed by atoms with van der Waals surface area (Å²) in [6.45, 7) is 0.514. The van der Waals surface area contributed by atoms with Gasteiger partial charge in [-0.05, 0) is 24.6 Å². The van der Waals surface area contributed by atoms with Crippen molar-refractivity contribution in [3.8, 4) is 0 Å². The lowest BCUT2D eigenvalue weighted by molar-refractivity contribution is -0.129. The van der Waals surface area contributed by atoms with Crippen LogP contribution in [0, 0.1) is 11.7 Å². The van der Waals surface area contributed by atoms with E-state index in [0.717, 1.165) is 0 Å². The van der Waals surface area contributed by atoms with Gasteiger partial charge in [-0.2, -0.15) is 0 Å². The number of carbonyl (C=O) groups excluding carboxylic acids is 2. The highest BCUT2D eigenvalue weighted by molar-refractivity contribution is 5.95. The largest absolute Gasteiger partial charge is 0.356 e. The van der Waals surface area contributed by atoms with E-state index >= 15 is 0 Å². The summed E-state index contributed by atoms with van der Waals surface area (Å²) < 4.78 is 12.9. The van der Waals surface area contributed by atoms with E-state index in [9.17, 15) is 14.0 Å². The van der Waals surface area contributed by atoms with Gasteiger partial charge >= 0.3 is 0 Å². The minimum Gasteiger partial charge on any atom is -0.356 e. The van der Waals surface area contributed by atoms with E-state index in [1.54, 1.807) is 6.07 Å². The molecule has 1 aromatic carbocycles. The number of benzene rings is 1. The third kappa shape index (κ3) is 3.03. The summed E-state index contributed by atoms with van der Waals surface area (Å²) in [4.78, 5) is 22.9. The van der Waals surface area contributed by atoms with Crippen LogP contribution in [0.15, 0.2) is 24.3 Å². The molecule has 1 saturated heterocycles. The Bertz CT molecular complexity index is 448. The summed E-state index contributed by atoms with van der Waals surface area (Å²) in [5, 5.41) is 5.27. The summed E-state index contributed by atoms with van der Waals surface area (Å²) in [6.07, 6.45) is 0.814. The third-order valence-electron chi connectivity index (χ3n) is 2.71. The number of hydrogen-bond donors (Lipinski definition) is 2. The molecule has 1 aliphatic heterocycles. The molecule has 0 saturated carbocycles. The molecule has 0 bridgehead atoms. The van der Waals surface area contributed by atoms with Crippen LogP contribution in [0.1, 0.15) is 12.8 Å². The SMILES string of the molecule is O=C1CC(C(=O)Nc2cccc(F)c2)CCN1. The Morgan fingerprint density at radius 3 is 3.00 bits per heavy atom. The first-order chi connectivity index (χ1) is 8.15. The van der Waals surface area contributed by atoms with Gasteiger partial charge in [-0.25, -0.2) is 4.39 Å². The van der Waals surface area contributed by atoms with Crippen molar-refractivity contribution in [2.75, 3.05) is 11.9 Å². The molecule has 2 rings (SSSR count). The minimum atomic E-state index is -0.399. The second-order valence-corrected chi connectivity index (χ2v) is 4.04. The number of rotatable bonds is 2. The third-order valence-corrected chi connectivity index (χ3v) is 2.71. The van der Waals surface area contributed by atoms with Gasteiger partial charge in [-0.3, -0.25) is 9.59 Å². The van der Waals surface area contributed by atoms with Crippen molar-refractivity contribution in [2.24, 2.45) is 5.92 Å². The molecule has 1 aliphatic rings. The highest BCUT2D eigenvalue weighted by Crippen LogP contribution is 2.16. The Morgan fingerprint density at radius 1 is 1.47 bits per heavy atom. The predicted octanol–water partition coefficient (Wildman–Crippen LogP) is 1.29. The molecule has 4 nitrogen and oxygen atoms in total. The number of piperidine rings is 1. The van der Waals surface area contributed by atoms with Crippen molar-refractivity contribution in [1.82, 2.24) is 5.32 Å². The average Bonchev–Trinajstić information content (AvgIpc) is 2.29. The van der Waals surface area contributed by atoms with Crippen LogP contribution in [0.3, 0.4) is 0 Å². The second kappa shape index (κ2) is 4.95. The molecule has 1 heterocycles. The first kappa shape index (κ1) is 11.6. The first-order valence-corrected chi connectivity index (χ1v) is 5.48. The van der Waals surface area contributed by atoms with E-state index in [-0.39, 0.29) is 24.2 Å². The number of amides is 2. The fourth-order valence-electron chi connectivity index (χ4n) is 1.82. The molecule has 1 unspecified atom stereocenters. The highest BCUT2D eigenvalue weighted by Gasteiger charge is 2.25. The van der Waals surface area contributed by atoms with Crippen LogP contribution in [0.2, 0.25) is 0 Å². The molecular formula is C12H13FN2O2. The maximum absolute atomic E-state index is 12.9. The highest BCUT2D eigenvalue weighted by atomic mass is 19.1. The molecule has 1 fully saturated rings. The smallest absolute Gasteiger partial charge is 0.228 e. The van der Waals surface area contributed by atoms with E-state index in [1.165, 1.54) is 18.2 Å². The minimum absolute atomic E-state index is 0.115. The number of anilines is 1. The van der Waals surface area contributed by atoms with Gasteiger partial charge in [0.1, 0.15) is 5.82 Å². The zero-order valence-electron chi connectivity index (χ0n) is 9.20. The normalized spacial score (nSPS) is 19.6. The molecule has 2 amide bonds. The number of carbonyl (C=O) groups is 2. The molecule has 5 heteroatoms. The zero-order chi connectivity index (χ0) is 12.3. The molecule has 0 aromatic heterocycles. The zero-order valence-corrected chi connectivity index (χ0v) is 9.20. The lowest BCUT2D eigenvalue weighted by Crippen LogP contribution is -2.38. The molecule has 2 N–H and O–H groups in total. The maximum atomic E-state index is 12.9. The Kier molecular flexibility index (Phi) is 3.37. The van der Waals surface area contributed by atoms with Gasteiger partial charge in [-0.15, -0.1) is 0 Å². The van der Waals surface area contributed by atoms with Gasteiger partial charge in [0.05, 0.1) is 0 Å². The summed E-state index contributed by atoms with van der Waals surface area (Å²) in [6, 6.07) is 5.70. The molecule has 0 spiro atoms. The van der Waals surface area contributed by atoms with Gasteiger partial charge in [0, 0.05) is 24.6 Å². The Hall–Kier alpha value is -1.91. The molecule has 17 heavy (non-hydrogen) atoms. The van der Waals surface area contributed by atoms with Crippen LogP contribution in [0.4, 0.5) is 10.1 Å². The summed E-state index contributed by atoms with van der Waals surface area (Å²) in [5.74, 6) is -1.07. The van der Waals surface area contributed by atoms with Crippen molar-refractivity contribution in [3.63, 3.8) is 0 Å². The van der Waals surface area contributed by atoms with E-state index in [4.69, 9.17) is 0 Å².